The first-order valence-electron chi connectivity index (χ1n) is 6.85. The van der Waals surface area contributed by atoms with E-state index < -0.39 is 0 Å². The van der Waals surface area contributed by atoms with Crippen LogP contribution in [-0.4, -0.2) is 24.1 Å². The summed E-state index contributed by atoms with van der Waals surface area (Å²) in [5.74, 6) is 0.613. The highest BCUT2D eigenvalue weighted by atomic mass is 16.6. The van der Waals surface area contributed by atoms with Crippen molar-refractivity contribution in [3.63, 3.8) is 0 Å². The van der Waals surface area contributed by atoms with E-state index in [-0.39, 0.29) is 12.1 Å². The van der Waals surface area contributed by atoms with E-state index >= 15 is 0 Å². The molecule has 0 unspecified atom stereocenters. The highest BCUT2D eigenvalue weighted by Crippen LogP contribution is 2.26. The SMILES string of the molecule is CN(C(=O)Oc1cccc2ccccc12)[C@H]1C=CCC1. The van der Waals surface area contributed by atoms with Crippen LogP contribution in [0.4, 0.5) is 4.79 Å². The van der Waals surface area contributed by atoms with Gasteiger partial charge in [0.15, 0.2) is 0 Å². The Hall–Kier alpha value is -2.29. The van der Waals surface area contributed by atoms with Crippen LogP contribution < -0.4 is 4.74 Å². The van der Waals surface area contributed by atoms with Crippen molar-refractivity contribution < 1.29 is 9.53 Å². The van der Waals surface area contributed by atoms with E-state index in [0.29, 0.717) is 5.75 Å². The summed E-state index contributed by atoms with van der Waals surface area (Å²) in [6.07, 6.45) is 5.85. The average Bonchev–Trinajstić information content (AvgIpc) is 3.01. The highest BCUT2D eigenvalue weighted by molar-refractivity contribution is 5.90. The Balaban J connectivity index is 1.82. The zero-order valence-corrected chi connectivity index (χ0v) is 11.5. The zero-order chi connectivity index (χ0) is 13.9. The number of carbonyl (C=O) groups is 1. The summed E-state index contributed by atoms with van der Waals surface area (Å²) in [6.45, 7) is 0. The van der Waals surface area contributed by atoms with Crippen molar-refractivity contribution in [3.05, 3.63) is 54.6 Å². The number of nitrogens with zero attached hydrogens (tertiary/aromatic N) is 1. The normalized spacial score (nSPS) is 17.4. The third kappa shape index (κ3) is 2.39. The molecule has 2 aromatic carbocycles. The minimum atomic E-state index is -0.307. The average molecular weight is 267 g/mol. The molecule has 0 saturated carbocycles. The molecule has 1 amide bonds. The van der Waals surface area contributed by atoms with Crippen LogP contribution >= 0.6 is 0 Å². The first-order valence-corrected chi connectivity index (χ1v) is 6.85. The minimum Gasteiger partial charge on any atom is -0.410 e. The molecule has 0 aromatic heterocycles. The predicted octanol–water partition coefficient (Wildman–Crippen LogP) is 3.99. The van der Waals surface area contributed by atoms with Gasteiger partial charge in [0.2, 0.25) is 0 Å². The Morgan fingerprint density at radius 1 is 1.20 bits per heavy atom. The Kier molecular flexibility index (Phi) is 3.42. The number of fused-ring (bicyclic) bond motifs is 1. The van der Waals surface area contributed by atoms with Gasteiger partial charge in [-0.15, -0.1) is 0 Å². The molecule has 0 fully saturated rings. The van der Waals surface area contributed by atoms with Crippen LogP contribution in [0.5, 0.6) is 5.75 Å². The van der Waals surface area contributed by atoms with E-state index in [2.05, 4.69) is 12.2 Å². The van der Waals surface area contributed by atoms with Gasteiger partial charge in [-0.3, -0.25) is 0 Å². The quantitative estimate of drug-likeness (QED) is 0.770. The lowest BCUT2D eigenvalue weighted by atomic mass is 10.1. The summed E-state index contributed by atoms with van der Waals surface area (Å²) in [7, 11) is 1.79. The molecule has 102 valence electrons. The summed E-state index contributed by atoms with van der Waals surface area (Å²) in [5, 5.41) is 2.03. The summed E-state index contributed by atoms with van der Waals surface area (Å²) < 4.78 is 5.55. The second-order valence-electron chi connectivity index (χ2n) is 5.03. The molecule has 0 N–H and O–H groups in total. The number of carbonyl (C=O) groups excluding carboxylic acids is 1. The fourth-order valence-electron chi connectivity index (χ4n) is 2.53. The number of allylic oxidation sites excluding steroid dienone is 1. The highest BCUT2D eigenvalue weighted by Gasteiger charge is 2.21. The standard InChI is InChI=1S/C17H17NO2/c1-18(14-9-3-4-10-14)17(19)20-16-12-6-8-13-7-2-5-11-15(13)16/h2-3,5-9,11-12,14H,4,10H2,1H3/t14-/m0/s1. The number of hydrogen-bond acceptors (Lipinski definition) is 2. The molecule has 0 radical (unpaired) electrons. The van der Waals surface area contributed by atoms with Crippen molar-refractivity contribution in [1.29, 1.82) is 0 Å². The molecular weight excluding hydrogens is 250 g/mol. The third-order valence-corrected chi connectivity index (χ3v) is 3.72. The molecule has 3 heteroatoms. The molecule has 3 rings (SSSR count). The Morgan fingerprint density at radius 3 is 2.80 bits per heavy atom. The molecule has 0 saturated heterocycles. The fraction of sp³-hybridized carbons (Fsp3) is 0.235. The van der Waals surface area contributed by atoms with Crippen LogP contribution in [0.2, 0.25) is 0 Å². The van der Waals surface area contributed by atoms with E-state index in [1.165, 1.54) is 0 Å². The molecule has 1 aliphatic carbocycles. The molecular formula is C17H17NO2. The first kappa shape index (κ1) is 12.7. The predicted molar refractivity (Wildman–Crippen MR) is 79.9 cm³/mol. The molecule has 0 spiro atoms. The summed E-state index contributed by atoms with van der Waals surface area (Å²) >= 11 is 0. The minimum absolute atomic E-state index is 0.150. The molecule has 2 aromatic rings. The van der Waals surface area contributed by atoms with Crippen molar-refractivity contribution in [2.45, 2.75) is 18.9 Å². The maximum Gasteiger partial charge on any atom is 0.415 e. The molecule has 0 heterocycles. The number of ether oxygens (including phenoxy) is 1. The molecule has 3 nitrogen and oxygen atoms in total. The van der Waals surface area contributed by atoms with Gasteiger partial charge < -0.3 is 9.64 Å². The van der Waals surface area contributed by atoms with Crippen molar-refractivity contribution >= 4 is 16.9 Å². The number of hydrogen-bond donors (Lipinski definition) is 0. The van der Waals surface area contributed by atoms with Crippen LogP contribution in [0.1, 0.15) is 12.8 Å². The lowest BCUT2D eigenvalue weighted by Gasteiger charge is -2.22. The lowest BCUT2D eigenvalue weighted by molar-refractivity contribution is 0.154. The van der Waals surface area contributed by atoms with Gasteiger partial charge in [0.05, 0.1) is 6.04 Å². The lowest BCUT2D eigenvalue weighted by Crippen LogP contribution is -2.36. The van der Waals surface area contributed by atoms with Gasteiger partial charge in [0.25, 0.3) is 0 Å². The maximum absolute atomic E-state index is 12.2. The zero-order valence-electron chi connectivity index (χ0n) is 11.5. The van der Waals surface area contributed by atoms with Gasteiger partial charge in [-0.25, -0.2) is 4.79 Å². The van der Waals surface area contributed by atoms with Crippen LogP contribution in [0.15, 0.2) is 54.6 Å². The van der Waals surface area contributed by atoms with Crippen LogP contribution in [0.3, 0.4) is 0 Å². The number of rotatable bonds is 2. The molecule has 0 aliphatic heterocycles. The topological polar surface area (TPSA) is 29.5 Å². The number of benzene rings is 2. The van der Waals surface area contributed by atoms with Crippen LogP contribution in [-0.2, 0) is 0 Å². The summed E-state index contributed by atoms with van der Waals surface area (Å²) in [6, 6.07) is 13.8. The maximum atomic E-state index is 12.2. The van der Waals surface area contributed by atoms with E-state index in [0.717, 1.165) is 23.6 Å². The monoisotopic (exact) mass is 267 g/mol. The van der Waals surface area contributed by atoms with Crippen molar-refractivity contribution in [3.8, 4) is 5.75 Å². The third-order valence-electron chi connectivity index (χ3n) is 3.72. The van der Waals surface area contributed by atoms with Gasteiger partial charge >= 0.3 is 6.09 Å². The Bertz CT molecular complexity index is 658. The number of amides is 1. The summed E-state index contributed by atoms with van der Waals surface area (Å²) in [5.41, 5.74) is 0. The molecule has 20 heavy (non-hydrogen) atoms. The largest absolute Gasteiger partial charge is 0.415 e. The Labute approximate surface area is 118 Å². The second kappa shape index (κ2) is 5.37. The van der Waals surface area contributed by atoms with Gasteiger partial charge in [0, 0.05) is 12.4 Å². The number of likely N-dealkylation sites (N-methyl/N-ethyl adjacent to an activating group) is 1. The van der Waals surface area contributed by atoms with Crippen LogP contribution in [0, 0.1) is 0 Å². The molecule has 1 atom stereocenters. The van der Waals surface area contributed by atoms with E-state index in [9.17, 15) is 4.79 Å². The van der Waals surface area contributed by atoms with Crippen molar-refractivity contribution in [2.75, 3.05) is 7.05 Å². The van der Waals surface area contributed by atoms with Gasteiger partial charge in [-0.05, 0) is 24.3 Å². The van der Waals surface area contributed by atoms with Gasteiger partial charge in [-0.1, -0.05) is 48.6 Å². The molecule has 1 aliphatic rings. The van der Waals surface area contributed by atoms with E-state index in [1.807, 2.05) is 42.5 Å². The smallest absolute Gasteiger partial charge is 0.410 e. The van der Waals surface area contributed by atoms with Crippen molar-refractivity contribution in [2.24, 2.45) is 0 Å². The Morgan fingerprint density at radius 2 is 2.00 bits per heavy atom. The van der Waals surface area contributed by atoms with Crippen molar-refractivity contribution in [1.82, 2.24) is 4.90 Å². The fourth-order valence-corrected chi connectivity index (χ4v) is 2.53. The van der Waals surface area contributed by atoms with Crippen LogP contribution in [0.25, 0.3) is 10.8 Å². The van der Waals surface area contributed by atoms with E-state index in [1.54, 1.807) is 11.9 Å². The second-order valence-corrected chi connectivity index (χ2v) is 5.03. The molecule has 0 bridgehead atoms. The first-order chi connectivity index (χ1) is 9.75. The van der Waals surface area contributed by atoms with E-state index in [4.69, 9.17) is 4.74 Å². The summed E-state index contributed by atoms with van der Waals surface area (Å²) in [4.78, 5) is 13.9. The van der Waals surface area contributed by atoms with Gasteiger partial charge in [0.1, 0.15) is 5.75 Å². The van der Waals surface area contributed by atoms with Gasteiger partial charge in [-0.2, -0.15) is 0 Å².